The standard InChI is InChI=1S/C13H14BrN3OS/c1-13(2,12-16-5-6-19-12)17-11(18)8-3-4-10(15)9(14)7-8/h3-7H,15H2,1-2H3,(H,17,18). The summed E-state index contributed by atoms with van der Waals surface area (Å²) in [6, 6.07) is 5.12. The molecular formula is C13H14BrN3OS. The number of benzene rings is 1. The quantitative estimate of drug-likeness (QED) is 0.844. The van der Waals surface area contributed by atoms with Crippen LogP contribution in [0.1, 0.15) is 29.2 Å². The minimum absolute atomic E-state index is 0.152. The maximum absolute atomic E-state index is 12.2. The molecule has 3 N–H and O–H groups in total. The Morgan fingerprint density at radius 3 is 2.79 bits per heavy atom. The molecule has 0 unspecified atom stereocenters. The molecule has 1 aromatic heterocycles. The molecular weight excluding hydrogens is 326 g/mol. The van der Waals surface area contributed by atoms with Crippen molar-refractivity contribution >= 4 is 38.9 Å². The molecule has 0 atom stereocenters. The van der Waals surface area contributed by atoms with E-state index in [0.29, 0.717) is 15.7 Å². The number of anilines is 1. The fourth-order valence-corrected chi connectivity index (χ4v) is 2.71. The number of nitrogens with zero attached hydrogens (tertiary/aromatic N) is 1. The topological polar surface area (TPSA) is 68.0 Å². The lowest BCUT2D eigenvalue weighted by molar-refractivity contribution is 0.0912. The lowest BCUT2D eigenvalue weighted by Crippen LogP contribution is -2.40. The number of carbonyl (C=O) groups excluding carboxylic acids is 1. The smallest absolute Gasteiger partial charge is 0.252 e. The van der Waals surface area contributed by atoms with Crippen molar-refractivity contribution < 1.29 is 4.79 Å². The molecule has 1 amide bonds. The second-order valence-corrected chi connectivity index (χ2v) is 6.40. The van der Waals surface area contributed by atoms with Crippen molar-refractivity contribution in [3.63, 3.8) is 0 Å². The predicted molar refractivity (Wildman–Crippen MR) is 81.2 cm³/mol. The van der Waals surface area contributed by atoms with Crippen LogP contribution in [-0.2, 0) is 5.54 Å². The van der Waals surface area contributed by atoms with Crippen molar-refractivity contribution in [3.8, 4) is 0 Å². The number of aromatic nitrogens is 1. The number of nitrogen functional groups attached to an aromatic ring is 1. The largest absolute Gasteiger partial charge is 0.398 e. The zero-order valence-electron chi connectivity index (χ0n) is 10.6. The normalized spacial score (nSPS) is 11.3. The van der Waals surface area contributed by atoms with Crippen LogP contribution in [0.3, 0.4) is 0 Å². The summed E-state index contributed by atoms with van der Waals surface area (Å²) in [6.07, 6.45) is 1.73. The molecule has 0 saturated carbocycles. The molecule has 100 valence electrons. The van der Waals surface area contributed by atoms with Crippen LogP contribution in [0.5, 0.6) is 0 Å². The second kappa shape index (κ2) is 5.30. The van der Waals surface area contributed by atoms with Gasteiger partial charge in [0.1, 0.15) is 5.01 Å². The first-order valence-electron chi connectivity index (χ1n) is 5.67. The number of nitrogens with two attached hydrogens (primary N) is 1. The van der Waals surface area contributed by atoms with E-state index in [4.69, 9.17) is 5.73 Å². The van der Waals surface area contributed by atoms with Crippen LogP contribution >= 0.6 is 27.3 Å². The number of hydrogen-bond acceptors (Lipinski definition) is 4. The van der Waals surface area contributed by atoms with Gasteiger partial charge in [0.15, 0.2) is 0 Å². The summed E-state index contributed by atoms with van der Waals surface area (Å²) < 4.78 is 0.715. The summed E-state index contributed by atoms with van der Waals surface area (Å²) in [5.41, 5.74) is 6.37. The first-order valence-corrected chi connectivity index (χ1v) is 7.35. The van der Waals surface area contributed by atoms with Gasteiger partial charge in [-0.2, -0.15) is 0 Å². The number of halogens is 1. The number of nitrogens with one attached hydrogen (secondary N) is 1. The molecule has 2 aromatic rings. The van der Waals surface area contributed by atoms with Crippen molar-refractivity contribution in [2.45, 2.75) is 19.4 Å². The third-order valence-corrected chi connectivity index (χ3v) is 4.44. The fourth-order valence-electron chi connectivity index (χ4n) is 1.61. The molecule has 19 heavy (non-hydrogen) atoms. The summed E-state index contributed by atoms with van der Waals surface area (Å²) >= 11 is 4.83. The van der Waals surface area contributed by atoms with Gasteiger partial charge in [-0.25, -0.2) is 4.98 Å². The van der Waals surface area contributed by atoms with Crippen LogP contribution in [0, 0.1) is 0 Å². The molecule has 4 nitrogen and oxygen atoms in total. The maximum atomic E-state index is 12.2. The van der Waals surface area contributed by atoms with E-state index >= 15 is 0 Å². The second-order valence-electron chi connectivity index (χ2n) is 4.65. The lowest BCUT2D eigenvalue weighted by atomic mass is 10.1. The fraction of sp³-hybridized carbons (Fsp3) is 0.231. The Balaban J connectivity index is 2.19. The summed E-state index contributed by atoms with van der Waals surface area (Å²) in [5.74, 6) is -0.152. The summed E-state index contributed by atoms with van der Waals surface area (Å²) in [6.45, 7) is 3.85. The van der Waals surface area contributed by atoms with Gasteiger partial charge in [-0.1, -0.05) is 0 Å². The van der Waals surface area contributed by atoms with E-state index in [1.807, 2.05) is 19.2 Å². The number of thiazole rings is 1. The molecule has 0 aliphatic heterocycles. The monoisotopic (exact) mass is 339 g/mol. The van der Waals surface area contributed by atoms with Gasteiger partial charge < -0.3 is 11.1 Å². The van der Waals surface area contributed by atoms with Gasteiger partial charge in [-0.05, 0) is 48.0 Å². The Bertz CT molecular complexity index is 596. The molecule has 0 bridgehead atoms. The first-order chi connectivity index (χ1) is 8.90. The van der Waals surface area contributed by atoms with Crippen molar-refractivity contribution in [1.82, 2.24) is 10.3 Å². The van der Waals surface area contributed by atoms with Gasteiger partial charge in [0.25, 0.3) is 5.91 Å². The third kappa shape index (κ3) is 3.13. The molecule has 0 aliphatic carbocycles. The molecule has 0 aliphatic rings. The predicted octanol–water partition coefficient (Wildman–Crippen LogP) is 3.15. The Labute approximate surface area is 124 Å². The van der Waals surface area contributed by atoms with Gasteiger partial charge in [-0.3, -0.25) is 4.79 Å². The molecule has 2 rings (SSSR count). The van der Waals surface area contributed by atoms with Gasteiger partial charge in [0.05, 0.1) is 5.54 Å². The van der Waals surface area contributed by atoms with E-state index < -0.39 is 5.54 Å². The van der Waals surface area contributed by atoms with Gasteiger partial charge >= 0.3 is 0 Å². The number of hydrogen-bond donors (Lipinski definition) is 2. The van der Waals surface area contributed by atoms with Gasteiger partial charge in [0, 0.05) is 27.3 Å². The highest BCUT2D eigenvalue weighted by Crippen LogP contribution is 2.24. The van der Waals surface area contributed by atoms with E-state index in [1.165, 1.54) is 11.3 Å². The molecule has 1 aromatic carbocycles. The van der Waals surface area contributed by atoms with Crippen LogP contribution in [0.4, 0.5) is 5.69 Å². The number of amides is 1. The minimum Gasteiger partial charge on any atom is -0.398 e. The maximum Gasteiger partial charge on any atom is 0.252 e. The molecule has 0 saturated heterocycles. The summed E-state index contributed by atoms with van der Waals surface area (Å²) in [5, 5.41) is 5.73. The van der Waals surface area contributed by atoms with E-state index in [2.05, 4.69) is 26.2 Å². The van der Waals surface area contributed by atoms with E-state index in [1.54, 1.807) is 24.4 Å². The zero-order valence-corrected chi connectivity index (χ0v) is 13.0. The van der Waals surface area contributed by atoms with E-state index in [0.717, 1.165) is 5.01 Å². The number of rotatable bonds is 3. The Hall–Kier alpha value is -1.40. The van der Waals surface area contributed by atoms with Crippen LogP contribution in [-0.4, -0.2) is 10.9 Å². The average Bonchev–Trinajstić information content (AvgIpc) is 2.86. The van der Waals surface area contributed by atoms with Crippen molar-refractivity contribution in [1.29, 1.82) is 0 Å². The van der Waals surface area contributed by atoms with Crippen LogP contribution < -0.4 is 11.1 Å². The van der Waals surface area contributed by atoms with Crippen LogP contribution in [0.25, 0.3) is 0 Å². The Morgan fingerprint density at radius 2 is 2.21 bits per heavy atom. The molecule has 0 spiro atoms. The lowest BCUT2D eigenvalue weighted by Gasteiger charge is -2.23. The molecule has 6 heteroatoms. The molecule has 0 fully saturated rings. The Kier molecular flexibility index (Phi) is 3.91. The summed E-state index contributed by atoms with van der Waals surface area (Å²) in [4.78, 5) is 16.5. The highest BCUT2D eigenvalue weighted by Gasteiger charge is 2.26. The SMILES string of the molecule is CC(C)(NC(=O)c1ccc(N)c(Br)c1)c1nccs1. The van der Waals surface area contributed by atoms with Crippen molar-refractivity contribution in [3.05, 3.63) is 44.8 Å². The number of carbonyl (C=O) groups is 1. The highest BCUT2D eigenvalue weighted by atomic mass is 79.9. The molecule has 1 heterocycles. The van der Waals surface area contributed by atoms with E-state index in [9.17, 15) is 4.79 Å². The third-order valence-electron chi connectivity index (χ3n) is 2.66. The van der Waals surface area contributed by atoms with Gasteiger partial charge in [0.2, 0.25) is 0 Å². The van der Waals surface area contributed by atoms with E-state index in [-0.39, 0.29) is 5.91 Å². The van der Waals surface area contributed by atoms with Crippen molar-refractivity contribution in [2.24, 2.45) is 0 Å². The average molecular weight is 340 g/mol. The highest BCUT2D eigenvalue weighted by molar-refractivity contribution is 9.10. The van der Waals surface area contributed by atoms with Gasteiger partial charge in [-0.15, -0.1) is 11.3 Å². The Morgan fingerprint density at radius 1 is 1.47 bits per heavy atom. The first kappa shape index (κ1) is 14.0. The van der Waals surface area contributed by atoms with Crippen LogP contribution in [0.15, 0.2) is 34.2 Å². The van der Waals surface area contributed by atoms with Crippen LogP contribution in [0.2, 0.25) is 0 Å². The minimum atomic E-state index is -0.501. The summed E-state index contributed by atoms with van der Waals surface area (Å²) in [7, 11) is 0. The zero-order chi connectivity index (χ0) is 14.0. The van der Waals surface area contributed by atoms with Crippen molar-refractivity contribution in [2.75, 3.05) is 5.73 Å². The molecule has 0 radical (unpaired) electrons.